The van der Waals surface area contributed by atoms with Crippen LogP contribution in [0.5, 0.6) is 0 Å². The van der Waals surface area contributed by atoms with Crippen molar-refractivity contribution in [2.45, 2.75) is 12.8 Å². The van der Waals surface area contributed by atoms with Crippen LogP contribution in [0.4, 0.5) is 5.69 Å². The molecule has 0 aliphatic heterocycles. The van der Waals surface area contributed by atoms with Gasteiger partial charge in [0, 0.05) is 41.2 Å². The van der Waals surface area contributed by atoms with Crippen molar-refractivity contribution in [2.24, 2.45) is 0 Å². The van der Waals surface area contributed by atoms with Gasteiger partial charge in [0.05, 0.1) is 17.6 Å². The molecule has 1 aromatic heterocycles. The first-order valence-corrected chi connectivity index (χ1v) is 5.56. The second-order valence-electron chi connectivity index (χ2n) is 3.71. The third-order valence-electron chi connectivity index (χ3n) is 2.58. The maximum atomic E-state index is 11.7. The third-order valence-corrected chi connectivity index (χ3v) is 2.58. The standard InChI is InChI=1S/C11H8N4O5.Na/c1-2-19-11(16)7(5-12)6-3-4-8(15(17)18)10-9(6)13-20-14-10;/h3-4,7H,2H2,1H3;. The van der Waals surface area contributed by atoms with Crippen molar-refractivity contribution < 1.29 is 19.1 Å². The first-order valence-electron chi connectivity index (χ1n) is 5.56. The summed E-state index contributed by atoms with van der Waals surface area (Å²) < 4.78 is 9.24. The summed E-state index contributed by atoms with van der Waals surface area (Å²) >= 11 is 0. The van der Waals surface area contributed by atoms with Crippen LogP contribution in [-0.4, -0.2) is 57.4 Å². The zero-order valence-electron chi connectivity index (χ0n) is 11.3. The quantitative estimate of drug-likeness (QED) is 0.352. The van der Waals surface area contributed by atoms with Gasteiger partial charge in [0.25, 0.3) is 0 Å². The number of nitro benzene ring substituents is 1. The number of nitriles is 1. The predicted octanol–water partition coefficient (Wildman–Crippen LogP) is 0.920. The van der Waals surface area contributed by atoms with Gasteiger partial charge in [-0.3, -0.25) is 14.9 Å². The average Bonchev–Trinajstić information content (AvgIpc) is 2.88. The van der Waals surface area contributed by atoms with Crippen LogP contribution in [0.3, 0.4) is 0 Å². The van der Waals surface area contributed by atoms with E-state index in [9.17, 15) is 14.9 Å². The number of nitro groups is 1. The minimum Gasteiger partial charge on any atom is -0.465 e. The van der Waals surface area contributed by atoms with E-state index in [4.69, 9.17) is 10.00 Å². The number of aromatic nitrogens is 2. The molecule has 0 aliphatic carbocycles. The molecule has 0 saturated carbocycles. The van der Waals surface area contributed by atoms with Crippen molar-refractivity contribution >= 4 is 52.2 Å². The van der Waals surface area contributed by atoms with E-state index in [1.807, 2.05) is 0 Å². The molecule has 1 aromatic carbocycles. The molecule has 0 aliphatic rings. The topological polar surface area (TPSA) is 132 Å². The van der Waals surface area contributed by atoms with Gasteiger partial charge in [-0.25, -0.2) is 4.63 Å². The summed E-state index contributed by atoms with van der Waals surface area (Å²) in [6.07, 6.45) is 0. The first kappa shape index (κ1) is 17.0. The zero-order valence-corrected chi connectivity index (χ0v) is 13.3. The number of nitrogens with zero attached hydrogens (tertiary/aromatic N) is 4. The molecule has 10 heteroatoms. The summed E-state index contributed by atoms with van der Waals surface area (Å²) in [5.41, 5.74) is -0.269. The Morgan fingerprint density at radius 1 is 1.52 bits per heavy atom. The Kier molecular flexibility index (Phi) is 5.78. The summed E-state index contributed by atoms with van der Waals surface area (Å²) in [7, 11) is 0. The van der Waals surface area contributed by atoms with E-state index < -0.39 is 16.8 Å². The Bertz CT molecular complexity index is 723. The Balaban J connectivity index is 0.00000220. The van der Waals surface area contributed by atoms with E-state index in [1.54, 1.807) is 13.0 Å². The number of esters is 1. The third kappa shape index (κ3) is 3.18. The Morgan fingerprint density at radius 3 is 2.76 bits per heavy atom. The monoisotopic (exact) mass is 299 g/mol. The van der Waals surface area contributed by atoms with Crippen LogP contribution in [0.15, 0.2) is 16.8 Å². The predicted molar refractivity (Wildman–Crippen MR) is 69.2 cm³/mol. The van der Waals surface area contributed by atoms with Crippen LogP contribution < -0.4 is 0 Å². The number of hydrogen-bond donors (Lipinski definition) is 0. The zero-order chi connectivity index (χ0) is 14.7. The SMILES string of the molecule is CCOC(=O)C(C#N)c1ccc([N+](=O)[O-])c2nonc12.[Na]. The molecule has 1 heterocycles. The number of hydrogen-bond acceptors (Lipinski definition) is 8. The summed E-state index contributed by atoms with van der Waals surface area (Å²) in [6, 6.07) is 4.20. The van der Waals surface area contributed by atoms with Gasteiger partial charge in [-0.2, -0.15) is 5.26 Å². The number of carbonyl (C=O) groups excluding carboxylic acids is 1. The summed E-state index contributed by atoms with van der Waals surface area (Å²) in [4.78, 5) is 21.9. The molecule has 1 unspecified atom stereocenters. The molecular weight excluding hydrogens is 291 g/mol. The van der Waals surface area contributed by atoms with Crippen molar-refractivity contribution in [1.29, 1.82) is 5.26 Å². The Labute approximate surface area is 140 Å². The van der Waals surface area contributed by atoms with Gasteiger partial charge in [0.15, 0.2) is 5.92 Å². The van der Waals surface area contributed by atoms with E-state index >= 15 is 0 Å². The van der Waals surface area contributed by atoms with Gasteiger partial charge in [0.2, 0.25) is 5.52 Å². The van der Waals surface area contributed by atoms with Gasteiger partial charge in [0.1, 0.15) is 5.52 Å². The van der Waals surface area contributed by atoms with Gasteiger partial charge < -0.3 is 4.74 Å². The Morgan fingerprint density at radius 2 is 2.19 bits per heavy atom. The molecule has 0 bridgehead atoms. The average molecular weight is 299 g/mol. The normalized spacial score (nSPS) is 11.2. The summed E-state index contributed by atoms with van der Waals surface area (Å²) in [6.45, 7) is 1.72. The fourth-order valence-electron chi connectivity index (χ4n) is 1.73. The number of fused-ring (bicyclic) bond motifs is 1. The van der Waals surface area contributed by atoms with Crippen LogP contribution in [0.2, 0.25) is 0 Å². The van der Waals surface area contributed by atoms with Crippen LogP contribution >= 0.6 is 0 Å². The molecular formula is C11H8N4NaO5. The molecule has 0 spiro atoms. The molecule has 1 radical (unpaired) electrons. The van der Waals surface area contributed by atoms with E-state index in [1.165, 1.54) is 6.07 Å². The molecule has 2 aromatic rings. The van der Waals surface area contributed by atoms with Gasteiger partial charge in [-0.15, -0.1) is 0 Å². The second kappa shape index (κ2) is 7.12. The molecule has 0 N–H and O–H groups in total. The number of carbonyl (C=O) groups is 1. The molecule has 1 atom stereocenters. The minimum absolute atomic E-state index is 0. The van der Waals surface area contributed by atoms with Crippen LogP contribution in [-0.2, 0) is 9.53 Å². The fraction of sp³-hybridized carbons (Fsp3) is 0.273. The molecule has 21 heavy (non-hydrogen) atoms. The van der Waals surface area contributed by atoms with Crippen LogP contribution in [0.1, 0.15) is 18.4 Å². The van der Waals surface area contributed by atoms with Crippen LogP contribution in [0, 0.1) is 21.4 Å². The van der Waals surface area contributed by atoms with Crippen molar-refractivity contribution in [1.82, 2.24) is 10.3 Å². The number of non-ortho nitro benzene ring substituents is 1. The number of ether oxygens (including phenoxy) is 1. The summed E-state index contributed by atoms with van der Waals surface area (Å²) in [5.74, 6) is -2.00. The van der Waals surface area contributed by atoms with Crippen molar-refractivity contribution in [3.05, 3.63) is 27.8 Å². The van der Waals surface area contributed by atoms with E-state index in [0.29, 0.717) is 0 Å². The molecule has 0 amide bonds. The minimum atomic E-state index is -1.25. The van der Waals surface area contributed by atoms with Crippen LogP contribution in [0.25, 0.3) is 11.0 Å². The first-order chi connectivity index (χ1) is 9.60. The van der Waals surface area contributed by atoms with E-state index in [0.717, 1.165) is 6.07 Å². The van der Waals surface area contributed by atoms with Gasteiger partial charge in [-0.05, 0) is 23.3 Å². The summed E-state index contributed by atoms with van der Waals surface area (Å²) in [5, 5.41) is 26.9. The fourth-order valence-corrected chi connectivity index (χ4v) is 1.73. The second-order valence-corrected chi connectivity index (χ2v) is 3.71. The Hall–Kier alpha value is -2.02. The van der Waals surface area contributed by atoms with E-state index in [-0.39, 0.29) is 58.4 Å². The van der Waals surface area contributed by atoms with Gasteiger partial charge in [-0.1, -0.05) is 0 Å². The maximum Gasteiger partial charge on any atom is 0.327 e. The largest absolute Gasteiger partial charge is 0.465 e. The van der Waals surface area contributed by atoms with Crippen molar-refractivity contribution in [2.75, 3.05) is 6.61 Å². The van der Waals surface area contributed by atoms with Crippen molar-refractivity contribution in [3.8, 4) is 6.07 Å². The smallest absolute Gasteiger partial charge is 0.327 e. The molecule has 0 fully saturated rings. The van der Waals surface area contributed by atoms with Gasteiger partial charge >= 0.3 is 11.7 Å². The molecule has 2 rings (SSSR count). The maximum absolute atomic E-state index is 11.7. The molecule has 0 saturated heterocycles. The van der Waals surface area contributed by atoms with E-state index in [2.05, 4.69) is 14.9 Å². The number of rotatable bonds is 4. The number of benzene rings is 1. The molecule has 9 nitrogen and oxygen atoms in total. The molecule has 103 valence electrons. The van der Waals surface area contributed by atoms with Crippen molar-refractivity contribution in [3.63, 3.8) is 0 Å².